The number of piperidine rings is 1. The highest BCUT2D eigenvalue weighted by Crippen LogP contribution is 2.25. The highest BCUT2D eigenvalue weighted by Gasteiger charge is 2.30. The van der Waals surface area contributed by atoms with Gasteiger partial charge in [0, 0.05) is 18.6 Å². The van der Waals surface area contributed by atoms with E-state index < -0.39 is 0 Å². The lowest BCUT2D eigenvalue weighted by Gasteiger charge is -2.43. The lowest BCUT2D eigenvalue weighted by atomic mass is 9.91. The highest BCUT2D eigenvalue weighted by atomic mass is 16.1. The van der Waals surface area contributed by atoms with Crippen LogP contribution in [0, 0.1) is 5.92 Å². The molecule has 1 unspecified atom stereocenters. The normalized spacial score (nSPS) is 22.2. The van der Waals surface area contributed by atoms with Crippen molar-refractivity contribution >= 4 is 5.91 Å². The lowest BCUT2D eigenvalue weighted by molar-refractivity contribution is -0.117. The van der Waals surface area contributed by atoms with Crippen molar-refractivity contribution in [3.05, 3.63) is 12.7 Å². The van der Waals surface area contributed by atoms with E-state index in [0.717, 1.165) is 19.0 Å². The largest absolute Gasteiger partial charge is 0.351 e. The van der Waals surface area contributed by atoms with Crippen LogP contribution in [0.2, 0.25) is 0 Å². The lowest BCUT2D eigenvalue weighted by Crippen LogP contribution is -2.54. The second-order valence-electron chi connectivity index (χ2n) is 5.60. The Morgan fingerprint density at radius 2 is 2.29 bits per heavy atom. The topological polar surface area (TPSA) is 32.3 Å². The first-order chi connectivity index (χ1) is 7.99. The number of nitrogens with zero attached hydrogens (tertiary/aromatic N) is 1. The predicted octanol–water partition coefficient (Wildman–Crippen LogP) is 2.19. The number of likely N-dealkylation sites (tertiary alicyclic amines) is 1. The maximum Gasteiger partial charge on any atom is 0.243 e. The van der Waals surface area contributed by atoms with E-state index in [4.69, 9.17) is 0 Å². The van der Waals surface area contributed by atoms with E-state index in [2.05, 4.69) is 37.6 Å². The summed E-state index contributed by atoms with van der Waals surface area (Å²) >= 11 is 0. The Labute approximate surface area is 105 Å². The zero-order valence-electron chi connectivity index (χ0n) is 11.5. The van der Waals surface area contributed by atoms with Crippen LogP contribution in [-0.2, 0) is 4.79 Å². The molecule has 0 aromatic carbocycles. The third-order valence-electron chi connectivity index (χ3n) is 3.83. The number of rotatable bonds is 5. The molecule has 0 spiro atoms. The zero-order valence-corrected chi connectivity index (χ0v) is 11.5. The van der Waals surface area contributed by atoms with Crippen LogP contribution < -0.4 is 5.32 Å². The molecule has 1 heterocycles. The molecular weight excluding hydrogens is 212 g/mol. The smallest absolute Gasteiger partial charge is 0.243 e. The van der Waals surface area contributed by atoms with Gasteiger partial charge in [-0.2, -0.15) is 0 Å². The van der Waals surface area contributed by atoms with Gasteiger partial charge in [-0.1, -0.05) is 19.9 Å². The summed E-state index contributed by atoms with van der Waals surface area (Å²) in [4.78, 5) is 13.7. The monoisotopic (exact) mass is 238 g/mol. The number of carbonyl (C=O) groups excluding carboxylic acids is 1. The van der Waals surface area contributed by atoms with Crippen LogP contribution in [-0.4, -0.2) is 36.0 Å². The van der Waals surface area contributed by atoms with Gasteiger partial charge < -0.3 is 5.32 Å². The Bertz CT molecular complexity index is 273. The summed E-state index contributed by atoms with van der Waals surface area (Å²) in [5.74, 6) is 0.736. The summed E-state index contributed by atoms with van der Waals surface area (Å²) in [5.41, 5.74) is 0.0342. The number of hydrogen-bond acceptors (Lipinski definition) is 2. The van der Waals surface area contributed by atoms with Gasteiger partial charge in [0.05, 0.1) is 0 Å². The van der Waals surface area contributed by atoms with E-state index in [0.29, 0.717) is 6.54 Å². The molecule has 1 rings (SSSR count). The summed E-state index contributed by atoms with van der Waals surface area (Å²) in [7, 11) is 0. The third-order valence-corrected chi connectivity index (χ3v) is 3.83. The number of amides is 1. The fourth-order valence-corrected chi connectivity index (χ4v) is 2.44. The van der Waals surface area contributed by atoms with Crippen molar-refractivity contribution in [3.63, 3.8) is 0 Å². The van der Waals surface area contributed by atoms with Gasteiger partial charge in [0.25, 0.3) is 0 Å². The first kappa shape index (κ1) is 14.2. The molecule has 1 aliphatic rings. The Morgan fingerprint density at radius 3 is 2.88 bits per heavy atom. The molecule has 0 aliphatic carbocycles. The average molecular weight is 238 g/mol. The number of nitrogens with one attached hydrogen (secondary N) is 1. The second kappa shape index (κ2) is 6.20. The second-order valence-corrected chi connectivity index (χ2v) is 5.60. The van der Waals surface area contributed by atoms with Gasteiger partial charge in [0.1, 0.15) is 0 Å². The maximum atomic E-state index is 11.2. The minimum absolute atomic E-state index is 0.0342. The molecule has 3 nitrogen and oxygen atoms in total. The molecule has 17 heavy (non-hydrogen) atoms. The SMILES string of the molecule is C=CC(=O)NCC(C)(C)N1CCCC(CC)C1. The fraction of sp³-hybridized carbons (Fsp3) is 0.786. The van der Waals surface area contributed by atoms with Gasteiger partial charge in [0.15, 0.2) is 0 Å². The first-order valence-corrected chi connectivity index (χ1v) is 6.65. The number of hydrogen-bond donors (Lipinski definition) is 1. The first-order valence-electron chi connectivity index (χ1n) is 6.65. The summed E-state index contributed by atoms with van der Waals surface area (Å²) in [5, 5.41) is 2.90. The van der Waals surface area contributed by atoms with Crippen LogP contribution in [0.15, 0.2) is 12.7 Å². The van der Waals surface area contributed by atoms with Crippen LogP contribution in [0.1, 0.15) is 40.0 Å². The van der Waals surface area contributed by atoms with Crippen molar-refractivity contribution in [2.75, 3.05) is 19.6 Å². The van der Waals surface area contributed by atoms with E-state index in [-0.39, 0.29) is 11.4 Å². The van der Waals surface area contributed by atoms with Crippen molar-refractivity contribution in [3.8, 4) is 0 Å². The third kappa shape index (κ3) is 4.15. The minimum atomic E-state index is -0.0814. The van der Waals surface area contributed by atoms with Gasteiger partial charge >= 0.3 is 0 Å². The molecule has 0 bridgehead atoms. The van der Waals surface area contributed by atoms with Crippen LogP contribution in [0.3, 0.4) is 0 Å². The minimum Gasteiger partial charge on any atom is -0.351 e. The summed E-state index contributed by atoms with van der Waals surface area (Å²) in [6.45, 7) is 13.1. The quantitative estimate of drug-likeness (QED) is 0.745. The van der Waals surface area contributed by atoms with Crippen LogP contribution in [0.25, 0.3) is 0 Å². The fourth-order valence-electron chi connectivity index (χ4n) is 2.44. The van der Waals surface area contributed by atoms with E-state index in [1.165, 1.54) is 25.3 Å². The molecule has 1 atom stereocenters. The molecule has 1 fully saturated rings. The van der Waals surface area contributed by atoms with Crippen molar-refractivity contribution in [2.45, 2.75) is 45.6 Å². The number of carbonyl (C=O) groups is 1. The molecule has 1 aliphatic heterocycles. The van der Waals surface area contributed by atoms with Crippen molar-refractivity contribution in [1.29, 1.82) is 0 Å². The molecule has 0 aromatic rings. The van der Waals surface area contributed by atoms with Crippen LogP contribution in [0.5, 0.6) is 0 Å². The average Bonchev–Trinajstić information content (AvgIpc) is 2.36. The highest BCUT2D eigenvalue weighted by molar-refractivity contribution is 5.86. The van der Waals surface area contributed by atoms with E-state index >= 15 is 0 Å². The molecule has 0 radical (unpaired) electrons. The molecule has 1 saturated heterocycles. The van der Waals surface area contributed by atoms with E-state index in [1.54, 1.807) is 0 Å². The van der Waals surface area contributed by atoms with Gasteiger partial charge in [-0.25, -0.2) is 0 Å². The Balaban J connectivity index is 2.50. The molecule has 1 N–H and O–H groups in total. The Morgan fingerprint density at radius 1 is 1.59 bits per heavy atom. The zero-order chi connectivity index (χ0) is 12.9. The summed E-state index contributed by atoms with van der Waals surface area (Å²) < 4.78 is 0. The van der Waals surface area contributed by atoms with Crippen molar-refractivity contribution in [1.82, 2.24) is 10.2 Å². The Hall–Kier alpha value is -0.830. The van der Waals surface area contributed by atoms with Crippen LogP contribution in [0.4, 0.5) is 0 Å². The van der Waals surface area contributed by atoms with Gasteiger partial charge in [-0.3, -0.25) is 9.69 Å². The van der Waals surface area contributed by atoms with E-state index in [1.807, 2.05) is 0 Å². The summed E-state index contributed by atoms with van der Waals surface area (Å²) in [6.07, 6.45) is 5.21. The van der Waals surface area contributed by atoms with E-state index in [9.17, 15) is 4.79 Å². The Kier molecular flexibility index (Phi) is 5.19. The van der Waals surface area contributed by atoms with Gasteiger partial charge in [-0.15, -0.1) is 0 Å². The summed E-state index contributed by atoms with van der Waals surface area (Å²) in [6, 6.07) is 0. The van der Waals surface area contributed by atoms with Crippen LogP contribution >= 0.6 is 0 Å². The predicted molar refractivity (Wildman–Crippen MR) is 71.9 cm³/mol. The molecule has 98 valence electrons. The molecule has 1 amide bonds. The van der Waals surface area contributed by atoms with Gasteiger partial charge in [-0.05, 0) is 45.2 Å². The van der Waals surface area contributed by atoms with Crippen molar-refractivity contribution in [2.24, 2.45) is 5.92 Å². The molecule has 3 heteroatoms. The maximum absolute atomic E-state index is 11.2. The molecule has 0 saturated carbocycles. The molecular formula is C14H26N2O. The molecule has 0 aromatic heterocycles. The standard InChI is InChI=1S/C14H26N2O/c1-5-12-8-7-9-16(10-12)14(3,4)11-15-13(17)6-2/h6,12H,2,5,7-11H2,1,3-4H3,(H,15,17). The van der Waals surface area contributed by atoms with Crippen molar-refractivity contribution < 1.29 is 4.79 Å². The van der Waals surface area contributed by atoms with Gasteiger partial charge in [0.2, 0.25) is 5.91 Å².